The van der Waals surface area contributed by atoms with Gasteiger partial charge in [0.05, 0.1) is 11.9 Å². The molecule has 1 atom stereocenters. The van der Waals surface area contributed by atoms with Crippen LogP contribution in [-0.2, 0) is 26.2 Å². The van der Waals surface area contributed by atoms with E-state index in [2.05, 4.69) is 5.32 Å². The molecule has 0 radical (unpaired) electrons. The fraction of sp³-hybridized carbons (Fsp3) is 0.440. The fourth-order valence-electron chi connectivity index (χ4n) is 3.33. The van der Waals surface area contributed by atoms with E-state index in [9.17, 15) is 18.0 Å². The second-order valence-corrected chi connectivity index (χ2v) is 11.4. The summed E-state index contributed by atoms with van der Waals surface area (Å²) in [5.74, 6) is -0.761. The van der Waals surface area contributed by atoms with Gasteiger partial charge >= 0.3 is 0 Å². The third-order valence-corrected chi connectivity index (χ3v) is 6.46. The molecule has 2 aromatic carbocycles. The zero-order chi connectivity index (χ0) is 25.0. The van der Waals surface area contributed by atoms with Gasteiger partial charge in [-0.25, -0.2) is 8.42 Å². The third kappa shape index (κ3) is 7.60. The standard InChI is InChI=1S/C25H35N3O4S/c1-18-13-14-22(15-19(18)2)28(33(7,31)32)17-23(29)27(16-21-11-9-8-10-12-21)20(3)24(30)26-25(4,5)6/h8-15,20H,16-17H2,1-7H3,(H,26,30)/t20-/m0/s1. The molecule has 180 valence electrons. The molecule has 0 bridgehead atoms. The molecule has 2 rings (SSSR count). The number of nitrogens with one attached hydrogen (secondary N) is 1. The van der Waals surface area contributed by atoms with Crippen molar-refractivity contribution in [2.24, 2.45) is 0 Å². The van der Waals surface area contributed by atoms with Gasteiger partial charge in [-0.15, -0.1) is 0 Å². The Kier molecular flexibility index (Phi) is 8.30. The van der Waals surface area contributed by atoms with E-state index in [1.807, 2.05) is 71.0 Å². The van der Waals surface area contributed by atoms with Gasteiger partial charge in [-0.1, -0.05) is 36.4 Å². The number of amides is 2. The zero-order valence-electron chi connectivity index (χ0n) is 20.5. The van der Waals surface area contributed by atoms with Crippen LogP contribution in [0.4, 0.5) is 5.69 Å². The van der Waals surface area contributed by atoms with Gasteiger partial charge in [0.15, 0.2) is 0 Å². The van der Waals surface area contributed by atoms with Crippen LogP contribution in [0.1, 0.15) is 44.4 Å². The second kappa shape index (κ2) is 10.4. The maximum Gasteiger partial charge on any atom is 0.244 e. The van der Waals surface area contributed by atoms with Gasteiger partial charge < -0.3 is 10.2 Å². The number of carbonyl (C=O) groups is 2. The highest BCUT2D eigenvalue weighted by atomic mass is 32.2. The number of hydrogen-bond donors (Lipinski definition) is 1. The molecule has 0 aliphatic heterocycles. The molecule has 7 nitrogen and oxygen atoms in total. The minimum absolute atomic E-state index is 0.183. The van der Waals surface area contributed by atoms with Crippen molar-refractivity contribution in [3.63, 3.8) is 0 Å². The molecule has 0 aliphatic carbocycles. The minimum Gasteiger partial charge on any atom is -0.350 e. The van der Waals surface area contributed by atoms with Crippen LogP contribution >= 0.6 is 0 Å². The lowest BCUT2D eigenvalue weighted by atomic mass is 10.1. The van der Waals surface area contributed by atoms with Crippen molar-refractivity contribution >= 4 is 27.5 Å². The predicted octanol–water partition coefficient (Wildman–Crippen LogP) is 3.40. The third-order valence-electron chi connectivity index (χ3n) is 5.32. The molecule has 0 aromatic heterocycles. The summed E-state index contributed by atoms with van der Waals surface area (Å²) in [6, 6.07) is 13.8. The Labute approximate surface area is 197 Å². The largest absolute Gasteiger partial charge is 0.350 e. The van der Waals surface area contributed by atoms with Crippen LogP contribution in [0, 0.1) is 13.8 Å². The topological polar surface area (TPSA) is 86.8 Å². The predicted molar refractivity (Wildman–Crippen MR) is 132 cm³/mol. The summed E-state index contributed by atoms with van der Waals surface area (Å²) in [6.07, 6.45) is 1.08. The molecular formula is C25H35N3O4S. The molecule has 33 heavy (non-hydrogen) atoms. The average Bonchev–Trinajstić information content (AvgIpc) is 2.70. The number of nitrogens with zero attached hydrogens (tertiary/aromatic N) is 2. The van der Waals surface area contributed by atoms with Crippen molar-refractivity contribution in [2.45, 2.75) is 59.7 Å². The fourth-order valence-corrected chi connectivity index (χ4v) is 4.17. The van der Waals surface area contributed by atoms with Crippen molar-refractivity contribution < 1.29 is 18.0 Å². The lowest BCUT2D eigenvalue weighted by Crippen LogP contribution is -2.54. The Morgan fingerprint density at radius 1 is 1.00 bits per heavy atom. The summed E-state index contributed by atoms with van der Waals surface area (Å²) in [7, 11) is -3.74. The first-order valence-electron chi connectivity index (χ1n) is 10.9. The summed E-state index contributed by atoms with van der Waals surface area (Å²) in [5, 5.41) is 2.90. The molecule has 0 aliphatic rings. The van der Waals surface area contributed by atoms with Crippen molar-refractivity contribution in [1.29, 1.82) is 0 Å². The van der Waals surface area contributed by atoms with Crippen molar-refractivity contribution in [2.75, 3.05) is 17.1 Å². The van der Waals surface area contributed by atoms with E-state index in [-0.39, 0.29) is 12.5 Å². The Morgan fingerprint density at radius 3 is 2.12 bits per heavy atom. The minimum atomic E-state index is -3.74. The SMILES string of the molecule is Cc1ccc(N(CC(=O)N(Cc2ccccc2)[C@@H](C)C(=O)NC(C)(C)C)S(C)(=O)=O)cc1C. The van der Waals surface area contributed by atoms with Crippen LogP contribution in [0.25, 0.3) is 0 Å². The summed E-state index contributed by atoms with van der Waals surface area (Å²) in [6.45, 7) is 10.9. The van der Waals surface area contributed by atoms with Gasteiger partial charge in [-0.3, -0.25) is 13.9 Å². The van der Waals surface area contributed by atoms with E-state index in [1.165, 1.54) is 4.90 Å². The number of anilines is 1. The molecule has 1 N–H and O–H groups in total. The van der Waals surface area contributed by atoms with E-state index >= 15 is 0 Å². The Hall–Kier alpha value is -2.87. The quantitative estimate of drug-likeness (QED) is 0.637. The van der Waals surface area contributed by atoms with Crippen LogP contribution in [0.3, 0.4) is 0 Å². The maximum absolute atomic E-state index is 13.5. The van der Waals surface area contributed by atoms with Crippen molar-refractivity contribution in [3.05, 3.63) is 65.2 Å². The molecule has 8 heteroatoms. The first kappa shape index (κ1) is 26.4. The van der Waals surface area contributed by atoms with Gasteiger partial charge in [0, 0.05) is 12.1 Å². The number of sulfonamides is 1. The molecule has 0 saturated carbocycles. The average molecular weight is 474 g/mol. The van der Waals surface area contributed by atoms with Crippen molar-refractivity contribution in [3.8, 4) is 0 Å². The van der Waals surface area contributed by atoms with Gasteiger partial charge in [0.25, 0.3) is 0 Å². The molecule has 0 heterocycles. The van der Waals surface area contributed by atoms with Gasteiger partial charge in [-0.2, -0.15) is 0 Å². The van der Waals surface area contributed by atoms with Crippen LogP contribution in [0.5, 0.6) is 0 Å². The summed E-state index contributed by atoms with van der Waals surface area (Å²) in [5.41, 5.74) is 2.74. The number of hydrogen-bond acceptors (Lipinski definition) is 4. The van der Waals surface area contributed by atoms with Gasteiger partial charge in [-0.05, 0) is 70.4 Å². The normalized spacial score (nSPS) is 12.7. The molecule has 0 spiro atoms. The lowest BCUT2D eigenvalue weighted by molar-refractivity contribution is -0.140. The van der Waals surface area contributed by atoms with E-state index < -0.39 is 34.1 Å². The summed E-state index contributed by atoms with van der Waals surface area (Å²) in [4.78, 5) is 27.8. The molecule has 2 amide bonds. The van der Waals surface area contributed by atoms with E-state index in [4.69, 9.17) is 0 Å². The maximum atomic E-state index is 13.5. The van der Waals surface area contributed by atoms with E-state index in [0.29, 0.717) is 5.69 Å². The number of carbonyl (C=O) groups excluding carboxylic acids is 2. The van der Waals surface area contributed by atoms with Crippen molar-refractivity contribution in [1.82, 2.24) is 10.2 Å². The highest BCUT2D eigenvalue weighted by Crippen LogP contribution is 2.22. The molecule has 2 aromatic rings. The van der Waals surface area contributed by atoms with Crippen LogP contribution < -0.4 is 9.62 Å². The Bertz CT molecular complexity index is 1090. The van der Waals surface area contributed by atoms with Crippen LogP contribution in [0.15, 0.2) is 48.5 Å². The van der Waals surface area contributed by atoms with E-state index in [0.717, 1.165) is 27.3 Å². The Balaban J connectivity index is 2.40. The zero-order valence-corrected chi connectivity index (χ0v) is 21.4. The highest BCUT2D eigenvalue weighted by molar-refractivity contribution is 7.92. The number of benzene rings is 2. The first-order valence-corrected chi connectivity index (χ1v) is 12.7. The van der Waals surface area contributed by atoms with Crippen LogP contribution in [-0.4, -0.2) is 49.5 Å². The highest BCUT2D eigenvalue weighted by Gasteiger charge is 2.31. The number of aryl methyl sites for hydroxylation is 2. The van der Waals surface area contributed by atoms with Gasteiger partial charge in [0.2, 0.25) is 21.8 Å². The molecule has 0 unspecified atom stereocenters. The molecular weight excluding hydrogens is 438 g/mol. The number of rotatable bonds is 8. The summed E-state index contributed by atoms with van der Waals surface area (Å²) < 4.78 is 26.3. The van der Waals surface area contributed by atoms with Crippen LogP contribution in [0.2, 0.25) is 0 Å². The molecule has 0 fully saturated rings. The second-order valence-electron chi connectivity index (χ2n) is 9.46. The monoisotopic (exact) mass is 473 g/mol. The van der Waals surface area contributed by atoms with Gasteiger partial charge in [0.1, 0.15) is 12.6 Å². The summed E-state index contributed by atoms with van der Waals surface area (Å²) >= 11 is 0. The lowest BCUT2D eigenvalue weighted by Gasteiger charge is -2.33. The first-order chi connectivity index (χ1) is 15.2. The molecule has 0 saturated heterocycles. The van der Waals surface area contributed by atoms with E-state index in [1.54, 1.807) is 19.1 Å². The Morgan fingerprint density at radius 2 is 1.61 bits per heavy atom. The smallest absolute Gasteiger partial charge is 0.244 e.